The van der Waals surface area contributed by atoms with Crippen molar-refractivity contribution < 1.29 is 9.53 Å². The first-order chi connectivity index (χ1) is 3.56. The molecule has 0 aromatic heterocycles. The second-order valence-corrected chi connectivity index (χ2v) is 2.32. The van der Waals surface area contributed by atoms with E-state index in [9.17, 15) is 0 Å². The van der Waals surface area contributed by atoms with E-state index in [0.717, 1.165) is 0 Å². The molecule has 0 N–H and O–H groups in total. The molecule has 0 rings (SSSR count). The molecule has 0 unspecified atom stereocenters. The van der Waals surface area contributed by atoms with Gasteiger partial charge in [0.2, 0.25) is 0 Å². The van der Waals surface area contributed by atoms with Gasteiger partial charge in [0, 0.05) is 7.11 Å². The summed E-state index contributed by atoms with van der Waals surface area (Å²) in [5, 5.41) is 0. The zero-order valence-electron chi connectivity index (χ0n) is 6.02. The number of methoxy groups -OCH3 is 1. The summed E-state index contributed by atoms with van der Waals surface area (Å²) in [6.07, 6.45) is 0. The van der Waals surface area contributed by atoms with E-state index in [0.29, 0.717) is 0 Å². The standard InChI is InChI=1S/C5H12O.CH2O/c1-5(2,3)6-4;1-2/h1-4H3;1H2. The summed E-state index contributed by atoms with van der Waals surface area (Å²) in [6, 6.07) is 0. The van der Waals surface area contributed by atoms with Crippen molar-refractivity contribution in [2.45, 2.75) is 26.4 Å². The van der Waals surface area contributed by atoms with E-state index < -0.39 is 0 Å². The van der Waals surface area contributed by atoms with Crippen LogP contribution in [0.2, 0.25) is 0 Å². The highest BCUT2D eigenvalue weighted by Crippen LogP contribution is 2.02. The van der Waals surface area contributed by atoms with Gasteiger partial charge in [-0.05, 0) is 20.8 Å². The molecule has 0 spiro atoms. The minimum Gasteiger partial charge on any atom is -0.379 e. The van der Waals surface area contributed by atoms with Crippen LogP contribution in [0, 0.1) is 0 Å². The highest BCUT2D eigenvalue weighted by atomic mass is 16.5. The maximum atomic E-state index is 8.00. The van der Waals surface area contributed by atoms with Crippen LogP contribution in [0.4, 0.5) is 0 Å². The maximum Gasteiger partial charge on any atom is 0.106 e. The Morgan fingerprint density at radius 1 is 1.25 bits per heavy atom. The lowest BCUT2D eigenvalue weighted by molar-refractivity contribution is -0.0979. The molecular formula is C6H14O2. The van der Waals surface area contributed by atoms with Gasteiger partial charge in [-0.25, -0.2) is 0 Å². The Bertz CT molecular complexity index is 45.0. The van der Waals surface area contributed by atoms with Crippen molar-refractivity contribution in [3.63, 3.8) is 0 Å². The lowest BCUT2D eigenvalue weighted by Crippen LogP contribution is -2.15. The van der Waals surface area contributed by atoms with Gasteiger partial charge in [0.15, 0.2) is 0 Å². The van der Waals surface area contributed by atoms with Crippen LogP contribution in [0.5, 0.6) is 0 Å². The van der Waals surface area contributed by atoms with Gasteiger partial charge in [0.05, 0.1) is 5.60 Å². The number of rotatable bonds is 0. The van der Waals surface area contributed by atoms with Gasteiger partial charge in [0.1, 0.15) is 6.79 Å². The van der Waals surface area contributed by atoms with Crippen molar-refractivity contribution in [1.29, 1.82) is 0 Å². The van der Waals surface area contributed by atoms with Crippen molar-refractivity contribution in [2.24, 2.45) is 0 Å². The van der Waals surface area contributed by atoms with Gasteiger partial charge in [-0.1, -0.05) is 0 Å². The molecule has 2 nitrogen and oxygen atoms in total. The fourth-order valence-electron chi connectivity index (χ4n) is 0. The van der Waals surface area contributed by atoms with Crippen LogP contribution in [0.3, 0.4) is 0 Å². The van der Waals surface area contributed by atoms with Crippen LogP contribution in [0.15, 0.2) is 0 Å². The zero-order chi connectivity index (χ0) is 7.21. The van der Waals surface area contributed by atoms with E-state index in [1.54, 1.807) is 7.11 Å². The minimum absolute atomic E-state index is 0.0417. The van der Waals surface area contributed by atoms with Gasteiger partial charge in [0.25, 0.3) is 0 Å². The van der Waals surface area contributed by atoms with Gasteiger partial charge < -0.3 is 9.53 Å². The third-order valence-electron chi connectivity index (χ3n) is 0.612. The predicted molar refractivity (Wildman–Crippen MR) is 33.9 cm³/mol. The fraction of sp³-hybridized carbons (Fsp3) is 0.833. The Labute approximate surface area is 50.8 Å². The summed E-state index contributed by atoms with van der Waals surface area (Å²) in [6.45, 7) is 8.06. The Balaban J connectivity index is 0. The maximum absolute atomic E-state index is 8.00. The average molecular weight is 118 g/mol. The summed E-state index contributed by atoms with van der Waals surface area (Å²) in [7, 11) is 1.71. The monoisotopic (exact) mass is 118 g/mol. The molecule has 0 heterocycles. The first kappa shape index (κ1) is 10.6. The number of hydrogen-bond acceptors (Lipinski definition) is 2. The molecule has 0 aliphatic carbocycles. The van der Waals surface area contributed by atoms with Crippen molar-refractivity contribution in [3.05, 3.63) is 0 Å². The van der Waals surface area contributed by atoms with Crippen LogP contribution in [0.25, 0.3) is 0 Å². The summed E-state index contributed by atoms with van der Waals surface area (Å²) in [5.74, 6) is 0. The summed E-state index contributed by atoms with van der Waals surface area (Å²) >= 11 is 0. The second-order valence-electron chi connectivity index (χ2n) is 2.32. The van der Waals surface area contributed by atoms with Crippen LogP contribution in [-0.4, -0.2) is 19.5 Å². The molecule has 0 saturated carbocycles. The lowest BCUT2D eigenvalue weighted by Gasteiger charge is -2.14. The van der Waals surface area contributed by atoms with Crippen molar-refractivity contribution in [2.75, 3.05) is 7.11 Å². The molecule has 0 fully saturated rings. The average Bonchev–Trinajstić information content (AvgIpc) is 1.71. The van der Waals surface area contributed by atoms with Gasteiger partial charge in [-0.3, -0.25) is 0 Å². The van der Waals surface area contributed by atoms with Crippen LogP contribution < -0.4 is 0 Å². The van der Waals surface area contributed by atoms with Gasteiger partial charge >= 0.3 is 0 Å². The van der Waals surface area contributed by atoms with E-state index in [1.807, 2.05) is 27.6 Å². The van der Waals surface area contributed by atoms with E-state index in [-0.39, 0.29) is 5.60 Å². The normalized spacial score (nSPS) is 9.50. The Hall–Kier alpha value is -0.370. The van der Waals surface area contributed by atoms with Crippen LogP contribution in [0.1, 0.15) is 20.8 Å². The molecule has 50 valence electrons. The third-order valence-corrected chi connectivity index (χ3v) is 0.612. The topological polar surface area (TPSA) is 26.3 Å². The highest BCUT2D eigenvalue weighted by molar-refractivity contribution is 5.10. The molecule has 0 amide bonds. The van der Waals surface area contributed by atoms with Gasteiger partial charge in [-0.15, -0.1) is 0 Å². The third kappa shape index (κ3) is 17.4. The number of carbonyl (C=O) groups excluding carboxylic acids is 1. The molecule has 0 aliphatic rings. The summed E-state index contributed by atoms with van der Waals surface area (Å²) in [4.78, 5) is 8.00. The molecule has 0 aromatic carbocycles. The molecule has 0 aromatic rings. The Kier molecular flexibility index (Phi) is 6.32. The van der Waals surface area contributed by atoms with E-state index >= 15 is 0 Å². The first-order valence-electron chi connectivity index (χ1n) is 2.40. The minimum atomic E-state index is 0.0417. The van der Waals surface area contributed by atoms with E-state index in [2.05, 4.69) is 0 Å². The molecule has 8 heavy (non-hydrogen) atoms. The first-order valence-corrected chi connectivity index (χ1v) is 2.40. The number of ether oxygens (including phenoxy) is 1. The van der Waals surface area contributed by atoms with E-state index in [4.69, 9.17) is 9.53 Å². The molecule has 2 heteroatoms. The SMILES string of the molecule is C=O.COC(C)(C)C. The second kappa shape index (κ2) is 4.78. The molecule has 0 atom stereocenters. The van der Waals surface area contributed by atoms with Crippen molar-refractivity contribution in [1.82, 2.24) is 0 Å². The van der Waals surface area contributed by atoms with Crippen LogP contribution in [-0.2, 0) is 9.53 Å². The molecule has 0 aliphatic heterocycles. The van der Waals surface area contributed by atoms with Crippen molar-refractivity contribution in [3.8, 4) is 0 Å². The van der Waals surface area contributed by atoms with Crippen molar-refractivity contribution >= 4 is 6.79 Å². The van der Waals surface area contributed by atoms with E-state index in [1.165, 1.54) is 0 Å². The lowest BCUT2D eigenvalue weighted by atomic mass is 10.2. The number of hydrogen-bond donors (Lipinski definition) is 0. The highest BCUT2D eigenvalue weighted by Gasteiger charge is 2.03. The smallest absolute Gasteiger partial charge is 0.106 e. The molecule has 0 radical (unpaired) electrons. The predicted octanol–water partition coefficient (Wildman–Crippen LogP) is 1.25. The fourth-order valence-corrected chi connectivity index (χ4v) is 0. The Morgan fingerprint density at radius 2 is 1.38 bits per heavy atom. The molecule has 0 saturated heterocycles. The summed E-state index contributed by atoms with van der Waals surface area (Å²) < 4.78 is 4.94. The largest absolute Gasteiger partial charge is 0.379 e. The summed E-state index contributed by atoms with van der Waals surface area (Å²) in [5.41, 5.74) is 0.0417. The van der Waals surface area contributed by atoms with Crippen LogP contribution >= 0.6 is 0 Å². The Morgan fingerprint density at radius 3 is 1.38 bits per heavy atom. The quantitative estimate of drug-likeness (QED) is 0.478. The molecule has 0 bridgehead atoms. The molecular weight excluding hydrogens is 104 g/mol. The van der Waals surface area contributed by atoms with Gasteiger partial charge in [-0.2, -0.15) is 0 Å². The zero-order valence-corrected chi connectivity index (χ0v) is 6.02. The number of carbonyl (C=O) groups is 1.